The van der Waals surface area contributed by atoms with Crippen LogP contribution in [0.25, 0.3) is 0 Å². The minimum absolute atomic E-state index is 0.0421. The topological polar surface area (TPSA) is 125 Å². The molecule has 2 N–H and O–H groups in total. The molecule has 1 aliphatic rings. The predicted molar refractivity (Wildman–Crippen MR) is 141 cm³/mol. The minimum atomic E-state index is -1.18. The number of pyridine rings is 1. The summed E-state index contributed by atoms with van der Waals surface area (Å²) in [4.78, 5) is 29.9. The van der Waals surface area contributed by atoms with E-state index in [4.69, 9.17) is 23.7 Å². The second-order valence-electron chi connectivity index (χ2n) is 9.28. The summed E-state index contributed by atoms with van der Waals surface area (Å²) < 4.78 is 29.2. The number of benzene rings is 2. The number of hydrogen-bond acceptors (Lipinski definition) is 9. The molecular weight excluding hydrogens is 504 g/mol. The van der Waals surface area contributed by atoms with Crippen LogP contribution in [0.4, 0.5) is 0 Å². The summed E-state index contributed by atoms with van der Waals surface area (Å²) in [5, 5.41) is 12.8. The van der Waals surface area contributed by atoms with Gasteiger partial charge >= 0.3 is 5.97 Å². The Bertz CT molecular complexity index is 1280. The Labute approximate surface area is 226 Å². The van der Waals surface area contributed by atoms with Gasteiger partial charge in [0.2, 0.25) is 0 Å². The summed E-state index contributed by atoms with van der Waals surface area (Å²) in [6.07, 6.45) is -0.862. The first-order valence-electron chi connectivity index (χ1n) is 12.5. The lowest BCUT2D eigenvalue weighted by molar-refractivity contribution is -0.156. The fourth-order valence-corrected chi connectivity index (χ4v) is 4.03. The van der Waals surface area contributed by atoms with Gasteiger partial charge in [-0.15, -0.1) is 0 Å². The molecule has 1 saturated heterocycles. The van der Waals surface area contributed by atoms with E-state index in [0.29, 0.717) is 11.5 Å². The van der Waals surface area contributed by atoms with E-state index in [0.717, 1.165) is 11.1 Å². The number of methoxy groups -OCH3 is 1. The van der Waals surface area contributed by atoms with Gasteiger partial charge in [-0.25, -0.2) is 9.78 Å². The Hall–Kier alpha value is -4.31. The number of nitrogens with zero attached hydrogens (tertiary/aromatic N) is 1. The zero-order valence-corrected chi connectivity index (χ0v) is 22.2. The number of amides is 1. The van der Waals surface area contributed by atoms with Crippen molar-refractivity contribution in [1.82, 2.24) is 10.3 Å². The SMILES string of the molecule is COc1ccnc(C(=O)N[C@H]2COC[C@H](Oc3ccc(C)cc3)[C@@H](Oc3ccc(C)cc3)[C@H](C)OC2=O)c1O. The van der Waals surface area contributed by atoms with Crippen molar-refractivity contribution in [1.29, 1.82) is 0 Å². The molecule has 10 heteroatoms. The van der Waals surface area contributed by atoms with Gasteiger partial charge in [0.15, 0.2) is 35.4 Å². The van der Waals surface area contributed by atoms with Crippen LogP contribution in [0.3, 0.4) is 0 Å². The number of carbonyl (C=O) groups excluding carboxylic acids is 2. The zero-order chi connectivity index (χ0) is 27.9. The standard InChI is InChI=1S/C29H32N2O8/c1-17-5-9-20(10-6-17)38-24-16-36-15-22(31-28(33)25-26(32)23(35-4)13-14-30-25)29(34)37-19(3)27(24)39-21-11-7-18(2)8-12-21/h5-14,19,22,24,27,32H,15-16H2,1-4H3,(H,31,33)/t19-,22-,24-,27-/m0/s1. The second-order valence-corrected chi connectivity index (χ2v) is 9.28. The number of aryl methyl sites for hydroxylation is 2. The predicted octanol–water partition coefficient (Wildman–Crippen LogP) is 3.37. The van der Waals surface area contributed by atoms with Crippen LogP contribution in [0, 0.1) is 13.8 Å². The summed E-state index contributed by atoms with van der Waals surface area (Å²) in [6.45, 7) is 5.49. The van der Waals surface area contributed by atoms with Gasteiger partial charge in [-0.3, -0.25) is 4.79 Å². The third-order valence-corrected chi connectivity index (χ3v) is 6.21. The third kappa shape index (κ3) is 6.97. The molecule has 1 aromatic heterocycles. The van der Waals surface area contributed by atoms with Crippen molar-refractivity contribution in [2.24, 2.45) is 0 Å². The molecule has 1 amide bonds. The molecule has 4 rings (SSSR count). The number of ether oxygens (including phenoxy) is 5. The van der Waals surface area contributed by atoms with Crippen LogP contribution in [0.5, 0.6) is 23.0 Å². The van der Waals surface area contributed by atoms with Crippen molar-refractivity contribution in [3.8, 4) is 23.0 Å². The zero-order valence-electron chi connectivity index (χ0n) is 22.2. The van der Waals surface area contributed by atoms with Crippen molar-refractivity contribution in [2.75, 3.05) is 20.3 Å². The number of carbonyl (C=O) groups is 2. The highest BCUT2D eigenvalue weighted by atomic mass is 16.6. The maximum Gasteiger partial charge on any atom is 0.331 e. The van der Waals surface area contributed by atoms with Crippen LogP contribution in [0.1, 0.15) is 28.5 Å². The monoisotopic (exact) mass is 536 g/mol. The minimum Gasteiger partial charge on any atom is -0.503 e. The van der Waals surface area contributed by atoms with Gasteiger partial charge < -0.3 is 34.1 Å². The van der Waals surface area contributed by atoms with E-state index >= 15 is 0 Å². The lowest BCUT2D eigenvalue weighted by Gasteiger charge is -2.31. The van der Waals surface area contributed by atoms with Gasteiger partial charge in [-0.1, -0.05) is 35.4 Å². The average molecular weight is 537 g/mol. The molecule has 206 valence electrons. The number of rotatable bonds is 7. The lowest BCUT2D eigenvalue weighted by Crippen LogP contribution is -2.48. The van der Waals surface area contributed by atoms with Crippen LogP contribution in [0.15, 0.2) is 60.8 Å². The highest BCUT2D eigenvalue weighted by molar-refractivity contribution is 5.98. The maximum absolute atomic E-state index is 13.1. The largest absolute Gasteiger partial charge is 0.503 e. The quantitative estimate of drug-likeness (QED) is 0.437. The molecule has 10 nitrogen and oxygen atoms in total. The second kappa shape index (κ2) is 12.5. The molecule has 0 aliphatic carbocycles. The van der Waals surface area contributed by atoms with Crippen LogP contribution in [0.2, 0.25) is 0 Å². The molecule has 2 heterocycles. The fraction of sp³-hybridized carbons (Fsp3) is 0.345. The number of aromatic hydroxyl groups is 1. The van der Waals surface area contributed by atoms with E-state index in [-0.39, 0.29) is 24.7 Å². The van der Waals surface area contributed by atoms with Crippen molar-refractivity contribution in [3.05, 3.63) is 77.6 Å². The lowest BCUT2D eigenvalue weighted by atomic mass is 10.1. The first-order chi connectivity index (χ1) is 18.7. The van der Waals surface area contributed by atoms with Crippen LogP contribution in [-0.2, 0) is 14.3 Å². The highest BCUT2D eigenvalue weighted by Crippen LogP contribution is 2.28. The normalized spacial score (nSPS) is 21.5. The molecule has 2 aromatic carbocycles. The Morgan fingerprint density at radius 1 is 0.974 bits per heavy atom. The first kappa shape index (κ1) is 27.7. The molecule has 0 saturated carbocycles. The average Bonchev–Trinajstić information content (AvgIpc) is 2.96. The molecule has 0 bridgehead atoms. The van der Waals surface area contributed by atoms with E-state index in [1.807, 2.05) is 62.4 Å². The van der Waals surface area contributed by atoms with Crippen LogP contribution >= 0.6 is 0 Å². The van der Waals surface area contributed by atoms with E-state index < -0.39 is 42.0 Å². The number of esters is 1. The van der Waals surface area contributed by atoms with Gasteiger partial charge in [0.05, 0.1) is 20.3 Å². The van der Waals surface area contributed by atoms with E-state index in [2.05, 4.69) is 10.3 Å². The summed E-state index contributed by atoms with van der Waals surface area (Å²) >= 11 is 0. The van der Waals surface area contributed by atoms with Crippen molar-refractivity contribution < 1.29 is 38.4 Å². The Morgan fingerprint density at radius 3 is 2.21 bits per heavy atom. The molecule has 1 aliphatic heterocycles. The molecule has 0 unspecified atom stereocenters. The summed E-state index contributed by atoms with van der Waals surface area (Å²) in [5.74, 6) is -0.704. The summed E-state index contributed by atoms with van der Waals surface area (Å²) in [5.41, 5.74) is 1.86. The van der Waals surface area contributed by atoms with Gasteiger partial charge in [0.25, 0.3) is 5.91 Å². The van der Waals surface area contributed by atoms with E-state index in [1.54, 1.807) is 6.92 Å². The molecule has 1 fully saturated rings. The van der Waals surface area contributed by atoms with Crippen molar-refractivity contribution >= 4 is 11.9 Å². The molecule has 0 radical (unpaired) electrons. The van der Waals surface area contributed by atoms with Gasteiger partial charge in [0.1, 0.15) is 17.6 Å². The molecule has 0 spiro atoms. The van der Waals surface area contributed by atoms with Gasteiger partial charge in [-0.05, 0) is 45.0 Å². The third-order valence-electron chi connectivity index (χ3n) is 6.21. The van der Waals surface area contributed by atoms with Gasteiger partial charge in [-0.2, -0.15) is 0 Å². The van der Waals surface area contributed by atoms with Crippen LogP contribution < -0.4 is 19.5 Å². The molecule has 4 atom stereocenters. The Morgan fingerprint density at radius 2 is 1.59 bits per heavy atom. The molecule has 3 aromatic rings. The van der Waals surface area contributed by atoms with E-state index in [9.17, 15) is 14.7 Å². The van der Waals surface area contributed by atoms with E-state index in [1.165, 1.54) is 19.4 Å². The summed E-state index contributed by atoms with van der Waals surface area (Å²) in [6, 6.07) is 15.3. The fourth-order valence-electron chi connectivity index (χ4n) is 4.03. The number of cyclic esters (lactones) is 1. The van der Waals surface area contributed by atoms with Crippen LogP contribution in [-0.4, -0.2) is 66.6 Å². The van der Waals surface area contributed by atoms with Crippen molar-refractivity contribution in [3.63, 3.8) is 0 Å². The van der Waals surface area contributed by atoms with Crippen molar-refractivity contribution in [2.45, 2.75) is 45.1 Å². The Kier molecular flexibility index (Phi) is 8.88. The number of nitrogens with one attached hydrogen (secondary N) is 1. The molecule has 39 heavy (non-hydrogen) atoms. The highest BCUT2D eigenvalue weighted by Gasteiger charge is 2.38. The number of aromatic nitrogens is 1. The Balaban J connectivity index is 1.56. The molecular formula is C29H32N2O8. The first-order valence-corrected chi connectivity index (χ1v) is 12.5. The maximum atomic E-state index is 13.1. The smallest absolute Gasteiger partial charge is 0.331 e. The summed E-state index contributed by atoms with van der Waals surface area (Å²) in [7, 11) is 1.35. The number of hydrogen-bond donors (Lipinski definition) is 2. The van der Waals surface area contributed by atoms with Gasteiger partial charge in [0, 0.05) is 12.3 Å².